The van der Waals surface area contributed by atoms with E-state index >= 15 is 0 Å². The van der Waals surface area contributed by atoms with Gasteiger partial charge in [0, 0.05) is 19.3 Å². The fraction of sp³-hybridized carbons (Fsp3) is 0.936. The van der Waals surface area contributed by atoms with Crippen molar-refractivity contribution in [2.24, 2.45) is 11.8 Å². The third-order valence-corrected chi connectivity index (χ3v) is 10.5. The molecule has 0 aliphatic rings. The Balaban J connectivity index is 4.33. The Kier molecular flexibility index (Phi) is 38.9. The number of hydrogen-bond acceptors (Lipinski definition) is 6. The summed E-state index contributed by atoms with van der Waals surface area (Å²) in [4.78, 5) is 37.7. The van der Waals surface area contributed by atoms with E-state index < -0.39 is 6.10 Å². The van der Waals surface area contributed by atoms with Crippen LogP contribution in [0.15, 0.2) is 0 Å². The second kappa shape index (κ2) is 40.1. The molecule has 0 heterocycles. The lowest BCUT2D eigenvalue weighted by molar-refractivity contribution is -0.167. The molecule has 1 atom stereocenters. The van der Waals surface area contributed by atoms with Crippen molar-refractivity contribution in [3.05, 3.63) is 0 Å². The molecule has 0 amide bonds. The molecule has 0 aliphatic heterocycles. The molecule has 0 rings (SSSR count). The monoisotopic (exact) mass is 751 g/mol. The van der Waals surface area contributed by atoms with Crippen molar-refractivity contribution < 1.29 is 28.6 Å². The third kappa shape index (κ3) is 41.4. The summed E-state index contributed by atoms with van der Waals surface area (Å²) in [5.41, 5.74) is 0. The number of rotatable bonds is 41. The molecule has 0 aromatic heterocycles. The fourth-order valence-electron chi connectivity index (χ4n) is 6.93. The zero-order valence-electron chi connectivity index (χ0n) is 36.1. The number of unbranched alkanes of at least 4 members (excludes halogenated alkanes) is 26. The molecule has 0 fully saturated rings. The highest BCUT2D eigenvalue weighted by Crippen LogP contribution is 2.16. The fourth-order valence-corrected chi connectivity index (χ4v) is 6.93. The van der Waals surface area contributed by atoms with Crippen LogP contribution in [0.25, 0.3) is 0 Å². The van der Waals surface area contributed by atoms with Gasteiger partial charge in [0.25, 0.3) is 0 Å². The molecule has 0 aromatic carbocycles. The van der Waals surface area contributed by atoms with E-state index in [0.29, 0.717) is 19.3 Å². The van der Waals surface area contributed by atoms with E-state index in [1.54, 1.807) is 0 Å². The lowest BCUT2D eigenvalue weighted by Gasteiger charge is -2.18. The van der Waals surface area contributed by atoms with Crippen LogP contribution in [-0.4, -0.2) is 37.2 Å². The van der Waals surface area contributed by atoms with Crippen LogP contribution >= 0.6 is 0 Å². The highest BCUT2D eigenvalue weighted by molar-refractivity contribution is 5.71. The van der Waals surface area contributed by atoms with Gasteiger partial charge in [-0.05, 0) is 31.1 Å². The van der Waals surface area contributed by atoms with Crippen molar-refractivity contribution in [2.45, 2.75) is 259 Å². The SMILES string of the molecule is CCCCCCCCCCCCC(=O)OC[C@@H](COC(=O)CCCCCCCCCCCCC(C)C)OC(=O)CCCCCCCCCCCC(C)C. The summed E-state index contributed by atoms with van der Waals surface area (Å²) in [5, 5.41) is 0. The number of ether oxygens (including phenoxy) is 3. The minimum atomic E-state index is -0.760. The van der Waals surface area contributed by atoms with E-state index in [2.05, 4.69) is 34.6 Å². The maximum absolute atomic E-state index is 12.7. The van der Waals surface area contributed by atoms with Crippen LogP contribution in [0.1, 0.15) is 253 Å². The summed E-state index contributed by atoms with van der Waals surface area (Å²) in [6, 6.07) is 0. The number of hydrogen-bond donors (Lipinski definition) is 0. The minimum absolute atomic E-state index is 0.0650. The van der Waals surface area contributed by atoms with Gasteiger partial charge in [0.15, 0.2) is 6.10 Å². The van der Waals surface area contributed by atoms with Gasteiger partial charge in [0.05, 0.1) is 0 Å². The highest BCUT2D eigenvalue weighted by atomic mass is 16.6. The molecule has 0 aliphatic carbocycles. The van der Waals surface area contributed by atoms with Crippen LogP contribution in [0.5, 0.6) is 0 Å². The second-order valence-electron chi connectivity index (χ2n) is 17.0. The predicted molar refractivity (Wildman–Crippen MR) is 224 cm³/mol. The van der Waals surface area contributed by atoms with E-state index in [1.807, 2.05) is 0 Å². The average molecular weight is 751 g/mol. The Morgan fingerprint density at radius 2 is 0.623 bits per heavy atom. The molecular formula is C47H90O6. The van der Waals surface area contributed by atoms with Crippen LogP contribution in [0.4, 0.5) is 0 Å². The van der Waals surface area contributed by atoms with Crippen LogP contribution in [0.3, 0.4) is 0 Å². The van der Waals surface area contributed by atoms with Gasteiger partial charge in [0.1, 0.15) is 13.2 Å². The molecule has 6 heteroatoms. The van der Waals surface area contributed by atoms with E-state index in [1.165, 1.54) is 141 Å². The summed E-state index contributed by atoms with van der Waals surface area (Å²) in [5.74, 6) is 0.766. The molecule has 53 heavy (non-hydrogen) atoms. The molecule has 314 valence electrons. The first-order chi connectivity index (χ1) is 25.7. The highest BCUT2D eigenvalue weighted by Gasteiger charge is 2.19. The van der Waals surface area contributed by atoms with Crippen LogP contribution in [-0.2, 0) is 28.6 Å². The standard InChI is InChI=1S/C47H90O6/c1-6-7-8-9-10-11-17-22-27-32-37-45(48)51-40-44(53-47(50)39-34-29-24-19-14-16-21-26-31-36-43(4)5)41-52-46(49)38-33-28-23-18-13-12-15-20-25-30-35-42(2)3/h42-44H,6-41H2,1-5H3/t44-/m0/s1. The lowest BCUT2D eigenvalue weighted by Crippen LogP contribution is -2.30. The van der Waals surface area contributed by atoms with Crippen molar-refractivity contribution >= 4 is 17.9 Å². The normalized spacial score (nSPS) is 12.1. The first kappa shape index (κ1) is 51.4. The van der Waals surface area contributed by atoms with E-state index in [9.17, 15) is 14.4 Å². The Morgan fingerprint density at radius 1 is 0.358 bits per heavy atom. The third-order valence-electron chi connectivity index (χ3n) is 10.5. The van der Waals surface area contributed by atoms with Gasteiger partial charge in [-0.25, -0.2) is 0 Å². The molecular weight excluding hydrogens is 661 g/mol. The van der Waals surface area contributed by atoms with Crippen molar-refractivity contribution in [2.75, 3.05) is 13.2 Å². The van der Waals surface area contributed by atoms with Crippen molar-refractivity contribution in [1.82, 2.24) is 0 Å². The molecule has 0 unspecified atom stereocenters. The van der Waals surface area contributed by atoms with Crippen molar-refractivity contribution in [3.63, 3.8) is 0 Å². The summed E-state index contributed by atoms with van der Waals surface area (Å²) in [6.45, 7) is 11.3. The molecule has 0 saturated heterocycles. The molecule has 0 saturated carbocycles. The van der Waals surface area contributed by atoms with Crippen molar-refractivity contribution in [3.8, 4) is 0 Å². The summed E-state index contributed by atoms with van der Waals surface area (Å²) < 4.78 is 16.7. The maximum Gasteiger partial charge on any atom is 0.306 e. The second-order valence-corrected chi connectivity index (χ2v) is 17.0. The van der Waals surface area contributed by atoms with E-state index in [0.717, 1.165) is 69.6 Å². The lowest BCUT2D eigenvalue weighted by atomic mass is 10.0. The zero-order chi connectivity index (χ0) is 39.0. The minimum Gasteiger partial charge on any atom is -0.462 e. The molecule has 0 spiro atoms. The topological polar surface area (TPSA) is 78.9 Å². The Labute approximate surface area is 329 Å². The number of esters is 3. The van der Waals surface area contributed by atoms with Gasteiger partial charge in [0.2, 0.25) is 0 Å². The summed E-state index contributed by atoms with van der Waals surface area (Å²) >= 11 is 0. The number of carbonyl (C=O) groups excluding carboxylic acids is 3. The molecule has 0 N–H and O–H groups in total. The van der Waals surface area contributed by atoms with Crippen molar-refractivity contribution in [1.29, 1.82) is 0 Å². The number of carbonyl (C=O) groups is 3. The average Bonchev–Trinajstić information content (AvgIpc) is 3.12. The summed E-state index contributed by atoms with van der Waals surface area (Å²) in [6.07, 6.45) is 38.0. The van der Waals surface area contributed by atoms with E-state index in [-0.39, 0.29) is 31.1 Å². The van der Waals surface area contributed by atoms with Gasteiger partial charge in [-0.3, -0.25) is 14.4 Å². The Hall–Kier alpha value is -1.59. The smallest absolute Gasteiger partial charge is 0.306 e. The quantitative estimate of drug-likeness (QED) is 0.0352. The first-order valence-corrected chi connectivity index (χ1v) is 23.2. The van der Waals surface area contributed by atoms with E-state index in [4.69, 9.17) is 14.2 Å². The largest absolute Gasteiger partial charge is 0.462 e. The molecule has 0 aromatic rings. The zero-order valence-corrected chi connectivity index (χ0v) is 36.1. The van der Waals surface area contributed by atoms with Gasteiger partial charge >= 0.3 is 17.9 Å². The van der Waals surface area contributed by atoms with Gasteiger partial charge in [-0.15, -0.1) is 0 Å². The van der Waals surface area contributed by atoms with Crippen LogP contribution in [0, 0.1) is 11.8 Å². The Bertz CT molecular complexity index is 809. The van der Waals surface area contributed by atoms with Crippen LogP contribution < -0.4 is 0 Å². The Morgan fingerprint density at radius 3 is 0.925 bits per heavy atom. The van der Waals surface area contributed by atoms with Gasteiger partial charge < -0.3 is 14.2 Å². The maximum atomic E-state index is 12.7. The van der Waals surface area contributed by atoms with Gasteiger partial charge in [-0.1, -0.05) is 214 Å². The summed E-state index contributed by atoms with van der Waals surface area (Å²) in [7, 11) is 0. The van der Waals surface area contributed by atoms with Gasteiger partial charge in [-0.2, -0.15) is 0 Å². The molecule has 0 radical (unpaired) electrons. The van der Waals surface area contributed by atoms with Crippen LogP contribution in [0.2, 0.25) is 0 Å². The molecule has 0 bridgehead atoms. The predicted octanol–water partition coefficient (Wildman–Crippen LogP) is 14.6. The first-order valence-electron chi connectivity index (χ1n) is 23.2. The molecule has 6 nitrogen and oxygen atoms in total.